The lowest BCUT2D eigenvalue weighted by Crippen LogP contribution is -1.98. The van der Waals surface area contributed by atoms with Crippen LogP contribution in [0.15, 0.2) is 82.6 Å². The zero-order valence-electron chi connectivity index (χ0n) is 16.6. The standard InChI is InChI=1S/C23H18N4OS3/c1-28-19-11-6-5-10-18(19)22-24-16(14-30-22)15-31-23-26-25-21(20-12-7-13-29-20)27(23)17-8-3-2-4-9-17/h2-14H,15H2,1H3. The van der Waals surface area contributed by atoms with Crippen molar-refractivity contribution in [2.24, 2.45) is 0 Å². The lowest BCUT2D eigenvalue weighted by Gasteiger charge is -2.09. The van der Waals surface area contributed by atoms with Gasteiger partial charge in [0.1, 0.15) is 10.8 Å². The van der Waals surface area contributed by atoms with E-state index in [4.69, 9.17) is 9.72 Å². The minimum atomic E-state index is 0.709. The van der Waals surface area contributed by atoms with Gasteiger partial charge in [-0.3, -0.25) is 4.57 Å². The monoisotopic (exact) mass is 462 g/mol. The van der Waals surface area contributed by atoms with Gasteiger partial charge in [0.2, 0.25) is 0 Å². The number of thioether (sulfide) groups is 1. The van der Waals surface area contributed by atoms with E-state index in [-0.39, 0.29) is 0 Å². The molecule has 0 fully saturated rings. The summed E-state index contributed by atoms with van der Waals surface area (Å²) in [6, 6.07) is 22.3. The fourth-order valence-corrected chi connectivity index (χ4v) is 5.69. The van der Waals surface area contributed by atoms with Gasteiger partial charge >= 0.3 is 0 Å². The number of nitrogens with zero attached hydrogens (tertiary/aromatic N) is 4. The zero-order valence-corrected chi connectivity index (χ0v) is 19.1. The number of thiophene rings is 1. The van der Waals surface area contributed by atoms with E-state index in [1.54, 1.807) is 41.5 Å². The lowest BCUT2D eigenvalue weighted by molar-refractivity contribution is 0.416. The molecule has 3 heterocycles. The van der Waals surface area contributed by atoms with Crippen LogP contribution in [0.3, 0.4) is 0 Å². The summed E-state index contributed by atoms with van der Waals surface area (Å²) in [4.78, 5) is 5.92. The highest BCUT2D eigenvalue weighted by Crippen LogP contribution is 2.35. The molecule has 0 bridgehead atoms. The molecule has 0 atom stereocenters. The van der Waals surface area contributed by atoms with E-state index >= 15 is 0 Å². The molecule has 0 spiro atoms. The van der Waals surface area contributed by atoms with Crippen molar-refractivity contribution in [2.45, 2.75) is 10.9 Å². The SMILES string of the molecule is COc1ccccc1-c1nc(CSc2nnc(-c3cccs3)n2-c2ccccc2)cs1. The lowest BCUT2D eigenvalue weighted by atomic mass is 10.2. The van der Waals surface area contributed by atoms with Crippen molar-refractivity contribution in [1.29, 1.82) is 0 Å². The van der Waals surface area contributed by atoms with Crippen LogP contribution in [-0.4, -0.2) is 26.9 Å². The van der Waals surface area contributed by atoms with Gasteiger partial charge in [0, 0.05) is 16.8 Å². The summed E-state index contributed by atoms with van der Waals surface area (Å²) >= 11 is 4.93. The highest BCUT2D eigenvalue weighted by atomic mass is 32.2. The maximum Gasteiger partial charge on any atom is 0.196 e. The molecule has 154 valence electrons. The van der Waals surface area contributed by atoms with E-state index in [1.807, 2.05) is 48.5 Å². The third kappa shape index (κ3) is 4.14. The highest BCUT2D eigenvalue weighted by molar-refractivity contribution is 7.98. The Morgan fingerprint density at radius 1 is 0.935 bits per heavy atom. The van der Waals surface area contributed by atoms with Crippen LogP contribution in [0.1, 0.15) is 5.69 Å². The normalized spacial score (nSPS) is 11.0. The molecule has 0 aliphatic heterocycles. The van der Waals surface area contributed by atoms with Gasteiger partial charge in [-0.15, -0.1) is 32.9 Å². The number of ether oxygens (including phenoxy) is 1. The van der Waals surface area contributed by atoms with Crippen LogP contribution in [0.5, 0.6) is 5.75 Å². The molecule has 5 aromatic rings. The van der Waals surface area contributed by atoms with E-state index in [2.05, 4.69) is 43.7 Å². The number of thiazole rings is 1. The minimum Gasteiger partial charge on any atom is -0.496 e. The van der Waals surface area contributed by atoms with Gasteiger partial charge in [0.25, 0.3) is 0 Å². The molecule has 0 radical (unpaired) electrons. The van der Waals surface area contributed by atoms with Gasteiger partial charge in [-0.2, -0.15) is 0 Å². The summed E-state index contributed by atoms with van der Waals surface area (Å²) in [6.45, 7) is 0. The largest absolute Gasteiger partial charge is 0.496 e. The second-order valence-electron chi connectivity index (χ2n) is 6.59. The quantitative estimate of drug-likeness (QED) is 0.261. The summed E-state index contributed by atoms with van der Waals surface area (Å²) in [6.07, 6.45) is 0. The van der Waals surface area contributed by atoms with Crippen LogP contribution in [0, 0.1) is 0 Å². The summed E-state index contributed by atoms with van der Waals surface area (Å²) < 4.78 is 7.60. The predicted octanol–water partition coefficient (Wildman–Crippen LogP) is 6.42. The van der Waals surface area contributed by atoms with Crippen LogP contribution in [0.2, 0.25) is 0 Å². The van der Waals surface area contributed by atoms with E-state index in [0.29, 0.717) is 5.75 Å². The zero-order chi connectivity index (χ0) is 21.0. The number of para-hydroxylation sites is 2. The molecule has 5 nitrogen and oxygen atoms in total. The van der Waals surface area contributed by atoms with Crippen LogP contribution >= 0.6 is 34.4 Å². The number of methoxy groups -OCH3 is 1. The van der Waals surface area contributed by atoms with Crippen molar-refractivity contribution < 1.29 is 4.74 Å². The Morgan fingerprint density at radius 2 is 1.77 bits per heavy atom. The van der Waals surface area contributed by atoms with Crippen molar-refractivity contribution >= 4 is 34.4 Å². The first-order valence-corrected chi connectivity index (χ1v) is 12.3. The molecular formula is C23H18N4OS3. The molecule has 5 rings (SSSR count). The average Bonchev–Trinajstić information content (AvgIpc) is 3.58. The topological polar surface area (TPSA) is 52.8 Å². The van der Waals surface area contributed by atoms with E-state index in [0.717, 1.165) is 43.6 Å². The van der Waals surface area contributed by atoms with Crippen molar-refractivity contribution in [3.8, 4) is 32.7 Å². The molecule has 2 aromatic carbocycles. The number of benzene rings is 2. The maximum absolute atomic E-state index is 5.48. The predicted molar refractivity (Wildman–Crippen MR) is 128 cm³/mol. The maximum atomic E-state index is 5.48. The van der Waals surface area contributed by atoms with Gasteiger partial charge in [0.15, 0.2) is 11.0 Å². The van der Waals surface area contributed by atoms with Gasteiger partial charge in [-0.05, 0) is 35.7 Å². The number of hydrogen-bond acceptors (Lipinski definition) is 7. The van der Waals surface area contributed by atoms with E-state index in [9.17, 15) is 0 Å². The number of rotatable bonds is 7. The van der Waals surface area contributed by atoms with E-state index < -0.39 is 0 Å². The molecule has 0 unspecified atom stereocenters. The third-order valence-corrected chi connectivity index (χ3v) is 7.38. The summed E-state index contributed by atoms with van der Waals surface area (Å²) in [5.41, 5.74) is 3.07. The first-order valence-electron chi connectivity index (χ1n) is 9.59. The first kappa shape index (κ1) is 20.0. The second kappa shape index (κ2) is 9.05. The Bertz CT molecular complexity index is 1280. The summed E-state index contributed by atoms with van der Waals surface area (Å²) in [5, 5.41) is 14.9. The molecule has 0 aliphatic carbocycles. The van der Waals surface area contributed by atoms with E-state index in [1.165, 1.54) is 0 Å². The molecular weight excluding hydrogens is 444 g/mol. The Hall–Kier alpha value is -2.94. The van der Waals surface area contributed by atoms with Crippen molar-refractivity contribution in [2.75, 3.05) is 7.11 Å². The van der Waals surface area contributed by atoms with Gasteiger partial charge in [0.05, 0.1) is 23.2 Å². The Balaban J connectivity index is 1.42. The molecule has 31 heavy (non-hydrogen) atoms. The average molecular weight is 463 g/mol. The fourth-order valence-electron chi connectivity index (χ4n) is 3.20. The number of hydrogen-bond donors (Lipinski definition) is 0. The van der Waals surface area contributed by atoms with Gasteiger partial charge < -0.3 is 4.74 Å². The van der Waals surface area contributed by atoms with Crippen molar-refractivity contribution in [3.05, 3.63) is 83.2 Å². The summed E-state index contributed by atoms with van der Waals surface area (Å²) in [5.74, 6) is 2.40. The Labute approximate surface area is 192 Å². The molecule has 0 saturated heterocycles. The smallest absolute Gasteiger partial charge is 0.196 e. The Kier molecular flexibility index (Phi) is 5.84. The highest BCUT2D eigenvalue weighted by Gasteiger charge is 2.17. The van der Waals surface area contributed by atoms with Crippen molar-refractivity contribution in [1.82, 2.24) is 19.7 Å². The molecule has 0 N–H and O–H groups in total. The fraction of sp³-hybridized carbons (Fsp3) is 0.0870. The molecule has 0 saturated carbocycles. The van der Waals surface area contributed by atoms with Crippen LogP contribution in [0.25, 0.3) is 27.0 Å². The first-order chi connectivity index (χ1) is 15.3. The third-order valence-electron chi connectivity index (χ3n) is 4.63. The molecule has 0 aliphatic rings. The van der Waals surface area contributed by atoms with Crippen LogP contribution < -0.4 is 4.74 Å². The van der Waals surface area contributed by atoms with Crippen molar-refractivity contribution in [3.63, 3.8) is 0 Å². The Morgan fingerprint density at radius 3 is 2.58 bits per heavy atom. The van der Waals surface area contributed by atoms with Crippen LogP contribution in [-0.2, 0) is 5.75 Å². The second-order valence-corrected chi connectivity index (χ2v) is 9.34. The van der Waals surface area contributed by atoms with Gasteiger partial charge in [-0.1, -0.05) is 48.2 Å². The van der Waals surface area contributed by atoms with Gasteiger partial charge in [-0.25, -0.2) is 4.98 Å². The number of aromatic nitrogens is 4. The molecule has 3 aromatic heterocycles. The van der Waals surface area contributed by atoms with Crippen LogP contribution in [0.4, 0.5) is 0 Å². The molecule has 0 amide bonds. The molecule has 8 heteroatoms. The minimum absolute atomic E-state index is 0.709. The summed E-state index contributed by atoms with van der Waals surface area (Å²) in [7, 11) is 1.69.